The van der Waals surface area contributed by atoms with Gasteiger partial charge in [-0.3, -0.25) is 9.48 Å². The SMILES string of the molecule is CCOCCOc1cc(-c2cnn(C)c2)cc([C@@H](C)NC(=O)c2cc(N3CCN(C)CC3)ccc2C)c1. The van der Waals surface area contributed by atoms with Gasteiger partial charge < -0.3 is 24.6 Å². The number of hydrogen-bond acceptors (Lipinski definition) is 6. The van der Waals surface area contributed by atoms with E-state index in [-0.39, 0.29) is 11.9 Å². The van der Waals surface area contributed by atoms with Crippen molar-refractivity contribution in [2.45, 2.75) is 26.8 Å². The molecule has 1 atom stereocenters. The zero-order chi connectivity index (χ0) is 26.4. The number of carbonyl (C=O) groups excluding carboxylic acids is 1. The molecule has 0 aliphatic carbocycles. The van der Waals surface area contributed by atoms with Gasteiger partial charge >= 0.3 is 0 Å². The highest BCUT2D eigenvalue weighted by atomic mass is 16.5. The molecule has 198 valence electrons. The van der Waals surface area contributed by atoms with E-state index in [4.69, 9.17) is 9.47 Å². The summed E-state index contributed by atoms with van der Waals surface area (Å²) in [6, 6.07) is 12.0. The maximum atomic E-state index is 13.4. The van der Waals surface area contributed by atoms with E-state index in [2.05, 4.69) is 39.4 Å². The Labute approximate surface area is 220 Å². The third-order valence-electron chi connectivity index (χ3n) is 6.85. The molecule has 4 rings (SSSR count). The van der Waals surface area contributed by atoms with Crippen molar-refractivity contribution >= 4 is 11.6 Å². The van der Waals surface area contributed by atoms with Crippen molar-refractivity contribution in [3.8, 4) is 16.9 Å². The molecule has 1 saturated heterocycles. The van der Waals surface area contributed by atoms with Gasteiger partial charge in [-0.1, -0.05) is 6.07 Å². The molecule has 0 bridgehead atoms. The first-order valence-corrected chi connectivity index (χ1v) is 13.0. The van der Waals surface area contributed by atoms with Gasteiger partial charge in [0.05, 0.1) is 18.8 Å². The molecule has 1 fully saturated rings. The Morgan fingerprint density at radius 1 is 1.05 bits per heavy atom. The van der Waals surface area contributed by atoms with Gasteiger partial charge in [0.1, 0.15) is 12.4 Å². The van der Waals surface area contributed by atoms with Crippen LogP contribution in [-0.2, 0) is 11.8 Å². The minimum atomic E-state index is -0.218. The van der Waals surface area contributed by atoms with Crippen molar-refractivity contribution in [3.05, 3.63) is 65.5 Å². The molecule has 2 aromatic carbocycles. The molecule has 8 nitrogen and oxygen atoms in total. The zero-order valence-corrected chi connectivity index (χ0v) is 22.7. The maximum Gasteiger partial charge on any atom is 0.252 e. The van der Waals surface area contributed by atoms with Crippen molar-refractivity contribution < 1.29 is 14.3 Å². The summed E-state index contributed by atoms with van der Waals surface area (Å²) in [5.41, 5.74) is 5.72. The Bertz CT molecular complexity index is 1200. The summed E-state index contributed by atoms with van der Waals surface area (Å²) in [5.74, 6) is 0.664. The van der Waals surface area contributed by atoms with E-state index in [1.54, 1.807) is 4.68 Å². The number of piperazine rings is 1. The molecular weight excluding hydrogens is 466 g/mol. The number of carbonyl (C=O) groups is 1. The van der Waals surface area contributed by atoms with Crippen LogP contribution in [0.3, 0.4) is 0 Å². The lowest BCUT2D eigenvalue weighted by molar-refractivity contribution is 0.0939. The molecule has 1 aliphatic rings. The number of nitrogens with zero attached hydrogens (tertiary/aromatic N) is 4. The number of amides is 1. The van der Waals surface area contributed by atoms with Crippen LogP contribution in [0.25, 0.3) is 11.1 Å². The summed E-state index contributed by atoms with van der Waals surface area (Å²) in [6.45, 7) is 11.6. The standard InChI is InChI=1S/C29H39N5O3/c1-6-36-13-14-37-27-16-23(15-24(17-27)25-19-30-33(5)20-25)22(3)31-29(35)28-18-26(8-7-21(28)2)34-11-9-32(4)10-12-34/h7-8,15-20,22H,6,9-14H2,1-5H3,(H,31,35)/t22-/m1/s1. The van der Waals surface area contributed by atoms with E-state index < -0.39 is 0 Å². The van der Waals surface area contributed by atoms with Crippen molar-refractivity contribution in [2.75, 3.05) is 57.9 Å². The van der Waals surface area contributed by atoms with Crippen molar-refractivity contribution in [2.24, 2.45) is 7.05 Å². The largest absolute Gasteiger partial charge is 0.491 e. The summed E-state index contributed by atoms with van der Waals surface area (Å²) in [4.78, 5) is 18.1. The van der Waals surface area contributed by atoms with E-state index in [1.165, 1.54) is 0 Å². The monoisotopic (exact) mass is 505 g/mol. The smallest absolute Gasteiger partial charge is 0.252 e. The Morgan fingerprint density at radius 2 is 1.84 bits per heavy atom. The van der Waals surface area contributed by atoms with Crippen LogP contribution in [0.5, 0.6) is 5.75 Å². The molecule has 1 amide bonds. The van der Waals surface area contributed by atoms with Gasteiger partial charge in [0, 0.05) is 62.8 Å². The summed E-state index contributed by atoms with van der Waals surface area (Å²) >= 11 is 0. The van der Waals surface area contributed by atoms with E-state index >= 15 is 0 Å². The van der Waals surface area contributed by atoms with Crippen LogP contribution in [0.2, 0.25) is 0 Å². The van der Waals surface area contributed by atoms with Gasteiger partial charge in [-0.25, -0.2) is 0 Å². The Balaban J connectivity index is 1.53. The molecule has 0 unspecified atom stereocenters. The Hall–Kier alpha value is -3.36. The third kappa shape index (κ3) is 6.90. The highest BCUT2D eigenvalue weighted by molar-refractivity contribution is 5.97. The van der Waals surface area contributed by atoms with Gasteiger partial charge in [-0.2, -0.15) is 5.10 Å². The van der Waals surface area contributed by atoms with Crippen molar-refractivity contribution in [1.29, 1.82) is 0 Å². The number of nitrogens with one attached hydrogen (secondary N) is 1. The van der Waals surface area contributed by atoms with Crippen LogP contribution in [0, 0.1) is 6.92 Å². The molecular formula is C29H39N5O3. The minimum absolute atomic E-state index is 0.0772. The lowest BCUT2D eigenvalue weighted by atomic mass is 10.0. The third-order valence-corrected chi connectivity index (χ3v) is 6.85. The molecule has 0 spiro atoms. The van der Waals surface area contributed by atoms with Crippen molar-refractivity contribution in [3.63, 3.8) is 0 Å². The second kappa shape index (κ2) is 12.3. The lowest BCUT2D eigenvalue weighted by Gasteiger charge is -2.34. The fourth-order valence-electron chi connectivity index (χ4n) is 4.53. The van der Waals surface area contributed by atoms with Crippen LogP contribution in [0.1, 0.15) is 41.4 Å². The van der Waals surface area contributed by atoms with E-state index in [0.717, 1.165) is 59.9 Å². The molecule has 37 heavy (non-hydrogen) atoms. The number of aryl methyl sites for hydroxylation is 2. The summed E-state index contributed by atoms with van der Waals surface area (Å²) < 4.78 is 13.2. The number of aromatic nitrogens is 2. The van der Waals surface area contributed by atoms with Crippen LogP contribution >= 0.6 is 0 Å². The number of ether oxygens (including phenoxy) is 2. The second-order valence-electron chi connectivity index (χ2n) is 9.72. The number of anilines is 1. The quantitative estimate of drug-likeness (QED) is 0.419. The average molecular weight is 506 g/mol. The normalized spacial score (nSPS) is 15.0. The van der Waals surface area contributed by atoms with Gasteiger partial charge in [0.2, 0.25) is 0 Å². The molecule has 8 heteroatoms. The van der Waals surface area contributed by atoms with Gasteiger partial charge in [0.15, 0.2) is 0 Å². The average Bonchev–Trinajstić information content (AvgIpc) is 3.33. The zero-order valence-electron chi connectivity index (χ0n) is 22.7. The van der Waals surface area contributed by atoms with Crippen LogP contribution in [0.15, 0.2) is 48.8 Å². The van der Waals surface area contributed by atoms with Crippen LogP contribution in [-0.4, -0.2) is 73.6 Å². The highest BCUT2D eigenvalue weighted by Gasteiger charge is 2.19. The predicted molar refractivity (Wildman–Crippen MR) is 147 cm³/mol. The van der Waals surface area contributed by atoms with Crippen LogP contribution in [0.4, 0.5) is 5.69 Å². The fraction of sp³-hybridized carbons (Fsp3) is 0.448. The summed E-state index contributed by atoms with van der Waals surface area (Å²) in [5, 5.41) is 7.52. The number of benzene rings is 2. The molecule has 3 aromatic rings. The lowest BCUT2D eigenvalue weighted by Crippen LogP contribution is -2.44. The van der Waals surface area contributed by atoms with E-state index in [9.17, 15) is 4.79 Å². The number of rotatable bonds is 10. The van der Waals surface area contributed by atoms with Gasteiger partial charge in [-0.15, -0.1) is 0 Å². The topological polar surface area (TPSA) is 71.9 Å². The first kappa shape index (κ1) is 26.7. The Morgan fingerprint density at radius 3 is 2.54 bits per heavy atom. The molecule has 1 aliphatic heterocycles. The Kier molecular flexibility index (Phi) is 8.84. The molecule has 1 aromatic heterocycles. The highest BCUT2D eigenvalue weighted by Crippen LogP contribution is 2.29. The summed E-state index contributed by atoms with van der Waals surface area (Å²) in [6.07, 6.45) is 3.80. The van der Waals surface area contributed by atoms with Gasteiger partial charge in [0.25, 0.3) is 5.91 Å². The van der Waals surface area contributed by atoms with E-state index in [1.807, 2.05) is 64.5 Å². The predicted octanol–water partition coefficient (Wildman–Crippen LogP) is 4.05. The fourth-order valence-corrected chi connectivity index (χ4v) is 4.53. The molecule has 0 saturated carbocycles. The van der Waals surface area contributed by atoms with Crippen LogP contribution < -0.4 is 15.0 Å². The first-order valence-electron chi connectivity index (χ1n) is 13.0. The summed E-state index contributed by atoms with van der Waals surface area (Å²) in [7, 11) is 4.04. The van der Waals surface area contributed by atoms with Crippen molar-refractivity contribution in [1.82, 2.24) is 20.0 Å². The second-order valence-corrected chi connectivity index (χ2v) is 9.72. The molecule has 2 heterocycles. The van der Waals surface area contributed by atoms with E-state index in [0.29, 0.717) is 25.4 Å². The number of hydrogen-bond donors (Lipinski definition) is 1. The molecule has 1 N–H and O–H groups in total. The molecule has 0 radical (unpaired) electrons. The minimum Gasteiger partial charge on any atom is -0.491 e. The first-order chi connectivity index (χ1) is 17.8. The van der Waals surface area contributed by atoms with Gasteiger partial charge in [-0.05, 0) is 74.8 Å². The number of likely N-dealkylation sites (N-methyl/N-ethyl adjacent to an activating group) is 1. The maximum absolute atomic E-state index is 13.4.